The normalized spacial score (nSPS) is 11.8. The van der Waals surface area contributed by atoms with Gasteiger partial charge in [-0.2, -0.15) is 0 Å². The maximum atomic E-state index is 12.8. The Kier molecular flexibility index (Phi) is 11.0. The van der Waals surface area contributed by atoms with E-state index in [1.807, 2.05) is 45.0 Å². The molecule has 0 saturated carbocycles. The molecule has 41 heavy (non-hydrogen) atoms. The second-order valence-corrected chi connectivity index (χ2v) is 13.3. The van der Waals surface area contributed by atoms with Gasteiger partial charge in [-0.1, -0.05) is 60.5 Å². The number of amides is 1. The Morgan fingerprint density at radius 1 is 0.976 bits per heavy atom. The number of benzene rings is 2. The number of aromatic amines is 1. The summed E-state index contributed by atoms with van der Waals surface area (Å²) in [6, 6.07) is 14.5. The number of nitrogens with zero attached hydrogens (tertiary/aromatic N) is 1. The fraction of sp³-hybridized carbons (Fsp3) is 0.419. The number of carbonyl (C=O) groups excluding carboxylic acids is 2. The molecular formula is C31H39ClN2O6S. The molecule has 222 valence electrons. The lowest BCUT2D eigenvalue weighted by Crippen LogP contribution is -2.38. The van der Waals surface area contributed by atoms with Crippen LogP contribution in [0.1, 0.15) is 62.4 Å². The first-order valence-corrected chi connectivity index (χ1v) is 15.9. The molecule has 1 amide bonds. The van der Waals surface area contributed by atoms with Gasteiger partial charge in [0, 0.05) is 42.5 Å². The minimum absolute atomic E-state index is 0.00618. The molecule has 1 aromatic heterocycles. The molecule has 0 radical (unpaired) electrons. The average molecular weight is 603 g/mol. The molecule has 8 nitrogen and oxygen atoms in total. The predicted octanol–water partition coefficient (Wildman–Crippen LogP) is 6.97. The van der Waals surface area contributed by atoms with Gasteiger partial charge in [-0.15, -0.1) is 0 Å². The van der Waals surface area contributed by atoms with Gasteiger partial charge in [0.15, 0.2) is 21.4 Å². The third kappa shape index (κ3) is 9.36. The molecule has 0 atom stereocenters. The van der Waals surface area contributed by atoms with E-state index in [0.717, 1.165) is 24.7 Å². The third-order valence-corrected chi connectivity index (χ3v) is 7.99. The lowest BCUT2D eigenvalue weighted by atomic mass is 10.0. The van der Waals surface area contributed by atoms with Crippen molar-refractivity contribution in [1.82, 2.24) is 9.88 Å². The van der Waals surface area contributed by atoms with Crippen molar-refractivity contribution in [2.24, 2.45) is 0 Å². The van der Waals surface area contributed by atoms with E-state index in [1.165, 1.54) is 13.3 Å². The fourth-order valence-corrected chi connectivity index (χ4v) is 5.72. The lowest BCUT2D eigenvalue weighted by molar-refractivity contribution is 0.0248. The van der Waals surface area contributed by atoms with Crippen molar-refractivity contribution in [2.45, 2.75) is 63.4 Å². The highest BCUT2D eigenvalue weighted by Gasteiger charge is 2.24. The van der Waals surface area contributed by atoms with Crippen molar-refractivity contribution in [3.63, 3.8) is 0 Å². The van der Waals surface area contributed by atoms with Crippen LogP contribution >= 0.6 is 11.6 Å². The summed E-state index contributed by atoms with van der Waals surface area (Å²) in [6.07, 6.45) is 5.45. The van der Waals surface area contributed by atoms with Crippen molar-refractivity contribution >= 4 is 33.3 Å². The zero-order chi connectivity index (χ0) is 30.2. The van der Waals surface area contributed by atoms with Crippen molar-refractivity contribution in [3.8, 4) is 17.0 Å². The Labute approximate surface area is 247 Å². The van der Waals surface area contributed by atoms with E-state index in [0.29, 0.717) is 54.2 Å². The summed E-state index contributed by atoms with van der Waals surface area (Å²) < 4.78 is 35.4. The summed E-state index contributed by atoms with van der Waals surface area (Å²) in [5, 5.41) is 0.673. The molecule has 0 fully saturated rings. The SMILES string of the molecule is COc1c[nH]c(-c2ccc(C(=O)CCCCCN(CCc3ccccc3Cl)C(=O)OC(C)(C)C)cc2)c1S(C)(=O)=O. The smallest absolute Gasteiger partial charge is 0.410 e. The number of carbonyl (C=O) groups is 2. The Morgan fingerprint density at radius 2 is 1.66 bits per heavy atom. The number of methoxy groups -OCH3 is 1. The molecular weight excluding hydrogens is 564 g/mol. The third-order valence-electron chi connectivity index (χ3n) is 6.48. The van der Waals surface area contributed by atoms with Gasteiger partial charge >= 0.3 is 6.09 Å². The van der Waals surface area contributed by atoms with Crippen LogP contribution in [0.15, 0.2) is 59.6 Å². The van der Waals surface area contributed by atoms with Gasteiger partial charge in [0.25, 0.3) is 0 Å². The number of sulfone groups is 1. The summed E-state index contributed by atoms with van der Waals surface area (Å²) >= 11 is 6.29. The highest BCUT2D eigenvalue weighted by molar-refractivity contribution is 7.91. The topological polar surface area (TPSA) is 106 Å². The molecule has 10 heteroatoms. The van der Waals surface area contributed by atoms with Crippen LogP contribution in [-0.2, 0) is 21.0 Å². The van der Waals surface area contributed by atoms with Crippen LogP contribution in [-0.4, -0.2) is 62.2 Å². The van der Waals surface area contributed by atoms with Crippen LogP contribution in [0.4, 0.5) is 4.79 Å². The van der Waals surface area contributed by atoms with Crippen molar-refractivity contribution in [1.29, 1.82) is 0 Å². The van der Waals surface area contributed by atoms with Gasteiger partial charge in [0.2, 0.25) is 0 Å². The van der Waals surface area contributed by atoms with Crippen LogP contribution in [0.25, 0.3) is 11.3 Å². The minimum atomic E-state index is -3.53. The quantitative estimate of drug-likeness (QED) is 0.167. The molecule has 1 heterocycles. The lowest BCUT2D eigenvalue weighted by Gasteiger charge is -2.27. The Bertz CT molecular complexity index is 1440. The van der Waals surface area contributed by atoms with Gasteiger partial charge in [-0.25, -0.2) is 13.2 Å². The minimum Gasteiger partial charge on any atom is -0.494 e. The number of rotatable bonds is 13. The van der Waals surface area contributed by atoms with Gasteiger partial charge in [0.1, 0.15) is 10.5 Å². The highest BCUT2D eigenvalue weighted by Crippen LogP contribution is 2.34. The molecule has 0 unspecified atom stereocenters. The molecule has 2 aromatic carbocycles. The van der Waals surface area contributed by atoms with E-state index in [2.05, 4.69) is 4.98 Å². The Balaban J connectivity index is 1.54. The summed E-state index contributed by atoms with van der Waals surface area (Å²) in [6.45, 7) is 6.53. The summed E-state index contributed by atoms with van der Waals surface area (Å²) in [7, 11) is -2.11. The van der Waals surface area contributed by atoms with E-state index >= 15 is 0 Å². The second kappa shape index (κ2) is 14.0. The molecule has 3 aromatic rings. The van der Waals surface area contributed by atoms with Crippen LogP contribution in [0, 0.1) is 0 Å². The fourth-order valence-electron chi connectivity index (χ4n) is 4.44. The Hall–Kier alpha value is -3.30. The van der Waals surface area contributed by atoms with Crippen molar-refractivity contribution < 1.29 is 27.5 Å². The average Bonchev–Trinajstić information content (AvgIpc) is 3.35. The van der Waals surface area contributed by atoms with Crippen LogP contribution < -0.4 is 4.74 Å². The second-order valence-electron chi connectivity index (χ2n) is 11.0. The van der Waals surface area contributed by atoms with E-state index in [9.17, 15) is 18.0 Å². The number of hydrogen-bond acceptors (Lipinski definition) is 6. The Morgan fingerprint density at radius 3 is 2.27 bits per heavy atom. The number of ketones is 1. The standard InChI is InChI=1S/C31H39ClN2O6S/c1-31(2,3)40-30(36)34(20-18-22-11-8-9-12-25(22)32)19-10-6-7-13-26(35)23-14-16-24(17-15-23)28-29(41(5,37)38)27(39-4)21-33-28/h8-9,11-12,14-17,21,33H,6-7,10,13,18-20H2,1-5H3. The van der Waals surface area contributed by atoms with Crippen LogP contribution in [0.3, 0.4) is 0 Å². The van der Waals surface area contributed by atoms with Crippen molar-refractivity contribution in [3.05, 3.63) is 70.9 Å². The number of aromatic nitrogens is 1. The van der Waals surface area contributed by atoms with Crippen molar-refractivity contribution in [2.75, 3.05) is 26.5 Å². The first-order valence-electron chi connectivity index (χ1n) is 13.6. The number of nitrogens with one attached hydrogen (secondary N) is 1. The molecule has 0 aliphatic rings. The molecule has 3 rings (SSSR count). The number of halogens is 1. The van der Waals surface area contributed by atoms with Crippen LogP contribution in [0.5, 0.6) is 5.75 Å². The van der Waals surface area contributed by atoms with Gasteiger partial charge in [-0.05, 0) is 57.2 Å². The number of unbranched alkanes of at least 4 members (excludes halogenated alkanes) is 2. The maximum absolute atomic E-state index is 12.8. The van der Waals surface area contributed by atoms with E-state index in [4.69, 9.17) is 21.1 Å². The summed E-state index contributed by atoms with van der Waals surface area (Å²) in [4.78, 5) is 30.4. The molecule has 0 bridgehead atoms. The summed E-state index contributed by atoms with van der Waals surface area (Å²) in [5.41, 5.74) is 2.00. The largest absolute Gasteiger partial charge is 0.494 e. The molecule has 1 N–H and O–H groups in total. The van der Waals surface area contributed by atoms with E-state index < -0.39 is 15.4 Å². The highest BCUT2D eigenvalue weighted by atomic mass is 35.5. The number of Topliss-reactive ketones (excluding diaryl/α,β-unsaturated/α-hetero) is 1. The first kappa shape index (κ1) is 32.2. The van der Waals surface area contributed by atoms with Gasteiger partial charge < -0.3 is 19.4 Å². The van der Waals surface area contributed by atoms with E-state index in [1.54, 1.807) is 29.2 Å². The molecule has 0 saturated heterocycles. The molecule has 0 aliphatic carbocycles. The monoisotopic (exact) mass is 602 g/mol. The van der Waals surface area contributed by atoms with Gasteiger partial charge in [-0.3, -0.25) is 4.79 Å². The first-order chi connectivity index (χ1) is 19.3. The maximum Gasteiger partial charge on any atom is 0.410 e. The zero-order valence-corrected chi connectivity index (χ0v) is 25.9. The van der Waals surface area contributed by atoms with E-state index in [-0.39, 0.29) is 22.5 Å². The zero-order valence-electron chi connectivity index (χ0n) is 24.3. The summed E-state index contributed by atoms with van der Waals surface area (Å²) in [5.74, 6) is 0.253. The van der Waals surface area contributed by atoms with Gasteiger partial charge in [0.05, 0.1) is 12.8 Å². The number of ether oxygens (including phenoxy) is 2. The molecule has 0 aliphatic heterocycles. The number of hydrogen-bond donors (Lipinski definition) is 1. The van der Waals surface area contributed by atoms with Crippen LogP contribution in [0.2, 0.25) is 5.02 Å². The number of H-pyrrole nitrogens is 1. The predicted molar refractivity (Wildman–Crippen MR) is 162 cm³/mol. The molecule has 0 spiro atoms.